The molecule has 6 heteroatoms. The lowest BCUT2D eigenvalue weighted by atomic mass is 10.1. The minimum atomic E-state index is -0.852. The van der Waals surface area contributed by atoms with E-state index in [9.17, 15) is 14.4 Å². The van der Waals surface area contributed by atoms with Crippen molar-refractivity contribution in [1.82, 2.24) is 10.2 Å². The highest BCUT2D eigenvalue weighted by Crippen LogP contribution is 2.45. The summed E-state index contributed by atoms with van der Waals surface area (Å²) in [6.45, 7) is 0.841. The molecule has 1 aliphatic heterocycles. The second-order valence-electron chi connectivity index (χ2n) is 4.78. The third kappa shape index (κ3) is 2.57. The van der Waals surface area contributed by atoms with Gasteiger partial charge in [-0.2, -0.15) is 0 Å². The van der Waals surface area contributed by atoms with Crippen molar-refractivity contribution in [3.8, 4) is 0 Å². The molecule has 1 saturated carbocycles. The number of carbonyl (C=O) groups excluding carboxylic acids is 2. The topological polar surface area (TPSA) is 86.7 Å². The molecule has 94 valence electrons. The molecule has 2 aliphatic rings. The van der Waals surface area contributed by atoms with Crippen molar-refractivity contribution in [2.45, 2.75) is 25.7 Å². The molecule has 0 atom stereocenters. The Morgan fingerprint density at radius 2 is 2.12 bits per heavy atom. The maximum Gasteiger partial charge on any atom is 0.311 e. The van der Waals surface area contributed by atoms with Crippen LogP contribution >= 0.6 is 0 Å². The van der Waals surface area contributed by atoms with E-state index in [1.54, 1.807) is 0 Å². The summed E-state index contributed by atoms with van der Waals surface area (Å²) in [5, 5.41) is 11.5. The Bertz CT molecular complexity index is 362. The number of likely N-dealkylation sites (tertiary alicyclic amines) is 1. The quantitative estimate of drug-likeness (QED) is 0.684. The molecule has 2 fully saturated rings. The van der Waals surface area contributed by atoms with Crippen LogP contribution in [0.25, 0.3) is 0 Å². The Morgan fingerprint density at radius 3 is 2.59 bits per heavy atom. The van der Waals surface area contributed by atoms with Crippen LogP contribution in [0.5, 0.6) is 0 Å². The summed E-state index contributed by atoms with van der Waals surface area (Å²) in [7, 11) is 0. The first kappa shape index (κ1) is 11.9. The van der Waals surface area contributed by atoms with Gasteiger partial charge in [0.1, 0.15) is 0 Å². The Labute approximate surface area is 99.0 Å². The second-order valence-corrected chi connectivity index (χ2v) is 4.78. The normalized spacial score (nSPS) is 21.4. The Hall–Kier alpha value is -1.59. The lowest BCUT2D eigenvalue weighted by Crippen LogP contribution is -2.41. The molecule has 0 aromatic heterocycles. The minimum Gasteiger partial charge on any atom is -0.481 e. The van der Waals surface area contributed by atoms with Gasteiger partial charge < -0.3 is 15.3 Å². The number of nitrogens with one attached hydrogen (secondary N) is 1. The van der Waals surface area contributed by atoms with E-state index in [2.05, 4.69) is 5.32 Å². The van der Waals surface area contributed by atoms with Crippen LogP contribution in [0, 0.1) is 5.41 Å². The zero-order chi connectivity index (χ0) is 12.5. The average Bonchev–Trinajstić information content (AvgIpc) is 2.97. The molecule has 0 spiro atoms. The highest BCUT2D eigenvalue weighted by Gasteiger charge is 2.50. The van der Waals surface area contributed by atoms with Crippen molar-refractivity contribution in [3.63, 3.8) is 0 Å². The SMILES string of the molecule is O=C(CN1CCCC1=O)NCC1(C(=O)O)CC1. The van der Waals surface area contributed by atoms with E-state index < -0.39 is 11.4 Å². The lowest BCUT2D eigenvalue weighted by molar-refractivity contribution is -0.143. The molecule has 0 aromatic rings. The second kappa shape index (κ2) is 4.35. The first-order valence-electron chi connectivity index (χ1n) is 5.81. The van der Waals surface area contributed by atoms with Gasteiger partial charge in [-0.15, -0.1) is 0 Å². The van der Waals surface area contributed by atoms with Crippen molar-refractivity contribution in [2.24, 2.45) is 5.41 Å². The van der Waals surface area contributed by atoms with Crippen LogP contribution in [0.15, 0.2) is 0 Å². The van der Waals surface area contributed by atoms with Crippen molar-refractivity contribution in [3.05, 3.63) is 0 Å². The largest absolute Gasteiger partial charge is 0.481 e. The Balaban J connectivity index is 1.75. The fourth-order valence-electron chi connectivity index (χ4n) is 1.99. The Morgan fingerprint density at radius 1 is 1.41 bits per heavy atom. The maximum atomic E-state index is 11.5. The van der Waals surface area contributed by atoms with Gasteiger partial charge in [0.25, 0.3) is 0 Å². The van der Waals surface area contributed by atoms with Gasteiger partial charge in [-0.25, -0.2) is 0 Å². The Kier molecular flexibility index (Phi) is 3.04. The first-order valence-corrected chi connectivity index (χ1v) is 5.81. The lowest BCUT2D eigenvalue weighted by Gasteiger charge is -2.16. The summed E-state index contributed by atoms with van der Waals surface area (Å²) in [4.78, 5) is 35.2. The van der Waals surface area contributed by atoms with Crippen molar-refractivity contribution >= 4 is 17.8 Å². The highest BCUT2D eigenvalue weighted by atomic mass is 16.4. The average molecular weight is 240 g/mol. The zero-order valence-corrected chi connectivity index (χ0v) is 9.57. The van der Waals surface area contributed by atoms with Gasteiger partial charge in [0.2, 0.25) is 11.8 Å². The number of amides is 2. The van der Waals surface area contributed by atoms with E-state index in [0.29, 0.717) is 25.8 Å². The van der Waals surface area contributed by atoms with Gasteiger partial charge in [-0.1, -0.05) is 0 Å². The number of rotatable bonds is 5. The number of aliphatic carboxylic acids is 1. The standard InChI is InChI=1S/C11H16N2O4/c14-8(6-13-5-1-2-9(13)15)12-7-11(3-4-11)10(16)17/h1-7H2,(H,12,14)(H,16,17). The fraction of sp³-hybridized carbons (Fsp3) is 0.727. The van der Waals surface area contributed by atoms with Gasteiger partial charge >= 0.3 is 5.97 Å². The van der Waals surface area contributed by atoms with Crippen LogP contribution in [-0.2, 0) is 14.4 Å². The van der Waals surface area contributed by atoms with Crippen LogP contribution in [0.3, 0.4) is 0 Å². The monoisotopic (exact) mass is 240 g/mol. The van der Waals surface area contributed by atoms with Gasteiger partial charge in [-0.3, -0.25) is 14.4 Å². The first-order chi connectivity index (χ1) is 8.03. The number of nitrogens with zero attached hydrogens (tertiary/aromatic N) is 1. The summed E-state index contributed by atoms with van der Waals surface area (Å²) < 4.78 is 0. The van der Waals surface area contributed by atoms with Crippen molar-refractivity contribution in [1.29, 1.82) is 0 Å². The van der Waals surface area contributed by atoms with Crippen molar-refractivity contribution in [2.75, 3.05) is 19.6 Å². The highest BCUT2D eigenvalue weighted by molar-refractivity contribution is 5.86. The molecule has 0 bridgehead atoms. The summed E-state index contributed by atoms with van der Waals surface area (Å²) in [5.74, 6) is -1.12. The minimum absolute atomic E-state index is 0.000445. The van der Waals surface area contributed by atoms with E-state index in [1.807, 2.05) is 0 Å². The van der Waals surface area contributed by atoms with Gasteiger partial charge in [0, 0.05) is 19.5 Å². The smallest absolute Gasteiger partial charge is 0.311 e. The summed E-state index contributed by atoms with van der Waals surface area (Å²) in [6.07, 6.45) is 2.54. The summed E-state index contributed by atoms with van der Waals surface area (Å²) >= 11 is 0. The third-order valence-electron chi connectivity index (χ3n) is 3.44. The molecule has 2 N–H and O–H groups in total. The van der Waals surface area contributed by atoms with E-state index in [0.717, 1.165) is 6.42 Å². The summed E-state index contributed by atoms with van der Waals surface area (Å²) in [6, 6.07) is 0. The molecule has 6 nitrogen and oxygen atoms in total. The molecular weight excluding hydrogens is 224 g/mol. The molecule has 0 aromatic carbocycles. The van der Waals surface area contributed by atoms with Crippen LogP contribution in [0.4, 0.5) is 0 Å². The molecule has 1 saturated heterocycles. The van der Waals surface area contributed by atoms with Gasteiger partial charge in [0.15, 0.2) is 0 Å². The predicted octanol–water partition coefficient (Wildman–Crippen LogP) is -0.410. The van der Waals surface area contributed by atoms with Gasteiger partial charge in [0.05, 0.1) is 12.0 Å². The molecule has 1 heterocycles. The maximum absolute atomic E-state index is 11.5. The number of hydrogen-bond donors (Lipinski definition) is 2. The number of carboxylic acids is 1. The van der Waals surface area contributed by atoms with Crippen LogP contribution in [0.2, 0.25) is 0 Å². The van der Waals surface area contributed by atoms with Crippen molar-refractivity contribution < 1.29 is 19.5 Å². The van der Waals surface area contributed by atoms with E-state index in [-0.39, 0.29) is 24.9 Å². The predicted molar refractivity (Wildman–Crippen MR) is 58.1 cm³/mol. The molecule has 2 rings (SSSR count). The molecule has 0 radical (unpaired) electrons. The zero-order valence-electron chi connectivity index (χ0n) is 9.57. The molecule has 0 unspecified atom stereocenters. The number of carboxylic acid groups (broad SMARTS) is 1. The van der Waals surface area contributed by atoms with Crippen LogP contribution in [-0.4, -0.2) is 47.4 Å². The molecule has 2 amide bonds. The number of carbonyl (C=O) groups is 3. The van der Waals surface area contributed by atoms with Gasteiger partial charge in [-0.05, 0) is 19.3 Å². The third-order valence-corrected chi connectivity index (χ3v) is 3.44. The molecule has 1 aliphatic carbocycles. The van der Waals surface area contributed by atoms with E-state index in [4.69, 9.17) is 5.11 Å². The fourth-order valence-corrected chi connectivity index (χ4v) is 1.99. The van der Waals surface area contributed by atoms with Crippen LogP contribution in [0.1, 0.15) is 25.7 Å². The molecular formula is C11H16N2O4. The molecule has 17 heavy (non-hydrogen) atoms. The van der Waals surface area contributed by atoms with Crippen LogP contribution < -0.4 is 5.32 Å². The van der Waals surface area contributed by atoms with E-state index >= 15 is 0 Å². The van der Waals surface area contributed by atoms with E-state index in [1.165, 1.54) is 4.90 Å². The number of hydrogen-bond acceptors (Lipinski definition) is 3. The summed E-state index contributed by atoms with van der Waals surface area (Å²) in [5.41, 5.74) is -0.745.